The van der Waals surface area contributed by atoms with Gasteiger partial charge in [-0.25, -0.2) is 0 Å². The molecule has 90 valence electrons. The Bertz CT molecular complexity index is 513. The molecular formula is C11H9Br3N2S. The lowest BCUT2D eigenvalue weighted by Crippen LogP contribution is -2.13. The third-order valence-corrected chi connectivity index (χ3v) is 5.20. The predicted octanol–water partition coefficient (Wildman–Crippen LogP) is 4.72. The number of nitrogens with one attached hydrogen (secondary N) is 1. The molecule has 0 bridgehead atoms. The molecule has 2 heterocycles. The van der Waals surface area contributed by atoms with Gasteiger partial charge >= 0.3 is 0 Å². The summed E-state index contributed by atoms with van der Waals surface area (Å²) >= 11 is 12.1. The number of hydrogen-bond donors (Lipinski definition) is 1. The SMILES string of the molecule is Brc1cnc(CNCc2sccc2Br)c(Br)c1. The van der Waals surface area contributed by atoms with Gasteiger partial charge in [-0.05, 0) is 65.3 Å². The van der Waals surface area contributed by atoms with Crippen LogP contribution in [0.1, 0.15) is 10.6 Å². The fourth-order valence-corrected chi connectivity index (χ4v) is 3.91. The molecule has 0 radical (unpaired) electrons. The molecule has 2 rings (SSSR count). The van der Waals surface area contributed by atoms with Crippen LogP contribution in [0.15, 0.2) is 37.1 Å². The van der Waals surface area contributed by atoms with Crippen LogP contribution in [0.2, 0.25) is 0 Å². The highest BCUT2D eigenvalue weighted by Crippen LogP contribution is 2.23. The van der Waals surface area contributed by atoms with Crippen LogP contribution in [-0.4, -0.2) is 4.98 Å². The molecule has 0 spiro atoms. The van der Waals surface area contributed by atoms with Crippen molar-refractivity contribution in [1.82, 2.24) is 10.3 Å². The third kappa shape index (κ3) is 3.86. The number of hydrogen-bond acceptors (Lipinski definition) is 3. The Balaban J connectivity index is 1.92. The maximum Gasteiger partial charge on any atom is 0.0684 e. The first kappa shape index (κ1) is 13.7. The standard InChI is InChI=1S/C11H9Br3N2S/c12-7-3-9(14)10(16-4-7)5-15-6-11-8(13)1-2-17-11/h1-4,15H,5-6H2. The molecule has 0 atom stereocenters. The van der Waals surface area contributed by atoms with E-state index in [0.29, 0.717) is 0 Å². The van der Waals surface area contributed by atoms with Crippen molar-refractivity contribution in [2.24, 2.45) is 0 Å². The predicted molar refractivity (Wildman–Crippen MR) is 82.2 cm³/mol. The fraction of sp³-hybridized carbons (Fsp3) is 0.182. The molecule has 2 aromatic rings. The molecular weight excluding hydrogens is 432 g/mol. The average molecular weight is 441 g/mol. The van der Waals surface area contributed by atoms with Gasteiger partial charge in [-0.15, -0.1) is 11.3 Å². The van der Waals surface area contributed by atoms with Gasteiger partial charge in [0.15, 0.2) is 0 Å². The molecule has 0 aliphatic carbocycles. The Kier molecular flexibility index (Phi) is 5.17. The number of halogens is 3. The zero-order valence-electron chi connectivity index (χ0n) is 8.71. The highest BCUT2D eigenvalue weighted by Gasteiger charge is 2.04. The Morgan fingerprint density at radius 1 is 1.18 bits per heavy atom. The molecule has 0 saturated heterocycles. The molecule has 0 amide bonds. The van der Waals surface area contributed by atoms with Crippen molar-refractivity contribution in [2.45, 2.75) is 13.1 Å². The summed E-state index contributed by atoms with van der Waals surface area (Å²) in [6.45, 7) is 1.60. The normalized spacial score (nSPS) is 10.8. The second-order valence-electron chi connectivity index (χ2n) is 3.38. The summed E-state index contributed by atoms with van der Waals surface area (Å²) in [7, 11) is 0. The van der Waals surface area contributed by atoms with Crippen LogP contribution >= 0.6 is 59.1 Å². The minimum Gasteiger partial charge on any atom is -0.306 e. The Labute approximate surface area is 129 Å². The molecule has 0 aromatic carbocycles. The van der Waals surface area contributed by atoms with Gasteiger partial charge in [0.05, 0.1) is 5.69 Å². The first-order valence-corrected chi connectivity index (χ1v) is 8.15. The summed E-state index contributed by atoms with van der Waals surface area (Å²) in [5.74, 6) is 0. The molecule has 0 aliphatic heterocycles. The summed E-state index contributed by atoms with van der Waals surface area (Å²) in [4.78, 5) is 5.66. The van der Waals surface area contributed by atoms with Gasteiger partial charge < -0.3 is 5.32 Å². The van der Waals surface area contributed by atoms with Crippen LogP contribution in [0, 0.1) is 0 Å². The Morgan fingerprint density at radius 3 is 2.65 bits per heavy atom. The van der Waals surface area contributed by atoms with Gasteiger partial charge in [-0.2, -0.15) is 0 Å². The average Bonchev–Trinajstić information content (AvgIpc) is 2.68. The zero-order chi connectivity index (χ0) is 12.3. The molecule has 0 fully saturated rings. The van der Waals surface area contributed by atoms with E-state index in [-0.39, 0.29) is 0 Å². The second kappa shape index (κ2) is 6.43. The van der Waals surface area contributed by atoms with Crippen molar-refractivity contribution in [1.29, 1.82) is 0 Å². The van der Waals surface area contributed by atoms with Crippen molar-refractivity contribution in [3.05, 3.63) is 47.7 Å². The first-order valence-electron chi connectivity index (χ1n) is 4.89. The lowest BCUT2D eigenvalue weighted by molar-refractivity contribution is 0.682. The van der Waals surface area contributed by atoms with E-state index in [9.17, 15) is 0 Å². The number of nitrogens with zero attached hydrogens (tertiary/aromatic N) is 1. The van der Waals surface area contributed by atoms with Crippen molar-refractivity contribution >= 4 is 59.1 Å². The molecule has 0 saturated carbocycles. The minimum absolute atomic E-state index is 0.748. The zero-order valence-corrected chi connectivity index (χ0v) is 14.3. The van der Waals surface area contributed by atoms with E-state index >= 15 is 0 Å². The van der Waals surface area contributed by atoms with Gasteiger partial charge in [-0.1, -0.05) is 0 Å². The summed E-state index contributed by atoms with van der Waals surface area (Å²) in [5.41, 5.74) is 1.01. The number of aromatic nitrogens is 1. The summed E-state index contributed by atoms with van der Waals surface area (Å²) in [6, 6.07) is 4.07. The van der Waals surface area contributed by atoms with E-state index in [0.717, 1.165) is 32.2 Å². The van der Waals surface area contributed by atoms with Crippen molar-refractivity contribution in [3.63, 3.8) is 0 Å². The number of pyridine rings is 1. The smallest absolute Gasteiger partial charge is 0.0684 e. The largest absolute Gasteiger partial charge is 0.306 e. The second-order valence-corrected chi connectivity index (χ2v) is 7.00. The lowest BCUT2D eigenvalue weighted by atomic mass is 10.3. The molecule has 6 heteroatoms. The van der Waals surface area contributed by atoms with Crippen molar-refractivity contribution in [3.8, 4) is 0 Å². The quantitative estimate of drug-likeness (QED) is 0.744. The molecule has 1 N–H and O–H groups in total. The topological polar surface area (TPSA) is 24.9 Å². The van der Waals surface area contributed by atoms with Gasteiger partial charge in [0, 0.05) is 37.6 Å². The maximum atomic E-state index is 4.35. The van der Waals surface area contributed by atoms with Gasteiger partial charge in [-0.3, -0.25) is 4.98 Å². The highest BCUT2D eigenvalue weighted by atomic mass is 79.9. The van der Waals surface area contributed by atoms with Gasteiger partial charge in [0.25, 0.3) is 0 Å². The Morgan fingerprint density at radius 2 is 2.00 bits per heavy atom. The minimum atomic E-state index is 0.748. The van der Waals surface area contributed by atoms with Crippen LogP contribution < -0.4 is 5.32 Å². The lowest BCUT2D eigenvalue weighted by Gasteiger charge is -2.05. The van der Waals surface area contributed by atoms with E-state index < -0.39 is 0 Å². The van der Waals surface area contributed by atoms with E-state index in [1.54, 1.807) is 11.3 Å². The summed E-state index contributed by atoms with van der Waals surface area (Å²) in [6.07, 6.45) is 1.81. The molecule has 17 heavy (non-hydrogen) atoms. The van der Waals surface area contributed by atoms with Gasteiger partial charge in [0.1, 0.15) is 0 Å². The van der Waals surface area contributed by atoms with E-state index in [1.807, 2.05) is 12.3 Å². The van der Waals surface area contributed by atoms with Crippen molar-refractivity contribution in [2.75, 3.05) is 0 Å². The molecule has 0 unspecified atom stereocenters. The van der Waals surface area contributed by atoms with E-state index in [1.165, 1.54) is 4.88 Å². The van der Waals surface area contributed by atoms with E-state index in [4.69, 9.17) is 0 Å². The highest BCUT2D eigenvalue weighted by molar-refractivity contribution is 9.11. The summed E-state index contributed by atoms with van der Waals surface area (Å²) < 4.78 is 3.16. The fourth-order valence-electron chi connectivity index (χ4n) is 1.32. The number of thiophene rings is 1. The molecule has 2 nitrogen and oxygen atoms in total. The first-order chi connectivity index (χ1) is 8.16. The third-order valence-electron chi connectivity index (χ3n) is 2.15. The van der Waals surface area contributed by atoms with Crippen LogP contribution in [0.3, 0.4) is 0 Å². The Hall–Kier alpha value is 0.250. The maximum absolute atomic E-state index is 4.35. The van der Waals surface area contributed by atoms with E-state index in [2.05, 4.69) is 69.5 Å². The van der Waals surface area contributed by atoms with Gasteiger partial charge in [0.2, 0.25) is 0 Å². The molecule has 2 aromatic heterocycles. The van der Waals surface area contributed by atoms with Crippen LogP contribution in [-0.2, 0) is 13.1 Å². The van der Waals surface area contributed by atoms with Crippen LogP contribution in [0.4, 0.5) is 0 Å². The van der Waals surface area contributed by atoms with Crippen molar-refractivity contribution < 1.29 is 0 Å². The van der Waals surface area contributed by atoms with Crippen LogP contribution in [0.5, 0.6) is 0 Å². The molecule has 0 aliphatic rings. The monoisotopic (exact) mass is 438 g/mol. The number of rotatable bonds is 4. The van der Waals surface area contributed by atoms with Crippen LogP contribution in [0.25, 0.3) is 0 Å². The summed E-state index contributed by atoms with van der Waals surface area (Å²) in [5, 5.41) is 5.46.